The van der Waals surface area contributed by atoms with E-state index in [9.17, 15) is 4.39 Å². The molecule has 0 amide bonds. The molecule has 0 saturated carbocycles. The van der Waals surface area contributed by atoms with Gasteiger partial charge in [-0.15, -0.1) is 24.8 Å². The highest BCUT2D eigenvalue weighted by Gasteiger charge is 2.12. The van der Waals surface area contributed by atoms with Crippen molar-refractivity contribution < 1.29 is 4.39 Å². The molecule has 1 aliphatic heterocycles. The third-order valence-electron chi connectivity index (χ3n) is 2.56. The highest BCUT2D eigenvalue weighted by Crippen LogP contribution is 2.18. The van der Waals surface area contributed by atoms with E-state index in [1.807, 2.05) is 6.07 Å². The molecule has 0 radical (unpaired) electrons. The fraction of sp³-hybridized carbons (Fsp3) is 0.364. The standard InChI is InChI=1S/C11H12FN3.2ClH/c12-11-7-10(2-1-9(11)8-13)15-5-3-14-4-6-15;;/h1-2,7,14H,3-6H2;2*1H. The van der Waals surface area contributed by atoms with Crippen LogP contribution in [0, 0.1) is 17.1 Å². The van der Waals surface area contributed by atoms with Crippen LogP contribution in [0.4, 0.5) is 10.1 Å². The second-order valence-electron chi connectivity index (χ2n) is 3.51. The molecule has 1 saturated heterocycles. The summed E-state index contributed by atoms with van der Waals surface area (Å²) >= 11 is 0. The van der Waals surface area contributed by atoms with Crippen molar-refractivity contribution >= 4 is 30.5 Å². The van der Waals surface area contributed by atoms with Crippen molar-refractivity contribution in [2.45, 2.75) is 0 Å². The molecule has 0 aromatic heterocycles. The molecule has 1 aliphatic rings. The van der Waals surface area contributed by atoms with Gasteiger partial charge in [-0.2, -0.15) is 5.26 Å². The number of nitrogens with one attached hydrogen (secondary N) is 1. The Labute approximate surface area is 112 Å². The van der Waals surface area contributed by atoms with Crippen LogP contribution in [0.25, 0.3) is 0 Å². The summed E-state index contributed by atoms with van der Waals surface area (Å²) in [6, 6.07) is 6.59. The Balaban J connectivity index is 0.00000128. The van der Waals surface area contributed by atoms with Gasteiger partial charge < -0.3 is 10.2 Å². The van der Waals surface area contributed by atoms with Crippen LogP contribution in [-0.4, -0.2) is 26.2 Å². The van der Waals surface area contributed by atoms with Crippen LogP contribution >= 0.6 is 24.8 Å². The molecular weight excluding hydrogens is 264 g/mol. The Morgan fingerprint density at radius 3 is 2.41 bits per heavy atom. The first-order valence-corrected chi connectivity index (χ1v) is 4.96. The van der Waals surface area contributed by atoms with E-state index in [1.54, 1.807) is 6.07 Å². The van der Waals surface area contributed by atoms with Crippen molar-refractivity contribution in [3.05, 3.63) is 29.6 Å². The van der Waals surface area contributed by atoms with Crippen molar-refractivity contribution in [1.82, 2.24) is 5.32 Å². The van der Waals surface area contributed by atoms with Crippen LogP contribution in [-0.2, 0) is 0 Å². The lowest BCUT2D eigenvalue weighted by molar-refractivity contribution is 0.584. The van der Waals surface area contributed by atoms with E-state index in [1.165, 1.54) is 12.1 Å². The average Bonchev–Trinajstić information content (AvgIpc) is 2.30. The molecule has 94 valence electrons. The van der Waals surface area contributed by atoms with Gasteiger partial charge in [-0.3, -0.25) is 0 Å². The highest BCUT2D eigenvalue weighted by molar-refractivity contribution is 5.85. The first kappa shape index (κ1) is 16.0. The maximum absolute atomic E-state index is 13.3. The number of hydrogen-bond donors (Lipinski definition) is 1. The Kier molecular flexibility index (Phi) is 6.89. The van der Waals surface area contributed by atoms with Gasteiger partial charge in [-0.05, 0) is 18.2 Å². The Bertz CT molecular complexity index is 400. The summed E-state index contributed by atoms with van der Waals surface area (Å²) in [5.41, 5.74) is 0.960. The van der Waals surface area contributed by atoms with Gasteiger partial charge in [0.15, 0.2) is 0 Å². The van der Waals surface area contributed by atoms with Gasteiger partial charge in [0.1, 0.15) is 11.9 Å². The number of halogens is 3. The van der Waals surface area contributed by atoms with Crippen LogP contribution in [0.15, 0.2) is 18.2 Å². The second-order valence-corrected chi connectivity index (χ2v) is 3.51. The predicted molar refractivity (Wildman–Crippen MR) is 70.7 cm³/mol. The summed E-state index contributed by atoms with van der Waals surface area (Å²) in [6.45, 7) is 3.60. The van der Waals surface area contributed by atoms with E-state index >= 15 is 0 Å². The van der Waals surface area contributed by atoms with Crippen LogP contribution in [0.1, 0.15) is 5.56 Å². The minimum atomic E-state index is -0.437. The molecule has 1 fully saturated rings. The zero-order valence-electron chi connectivity index (χ0n) is 9.15. The molecular formula is C11H14Cl2FN3. The summed E-state index contributed by atoms with van der Waals surface area (Å²) in [5, 5.41) is 11.8. The number of anilines is 1. The van der Waals surface area contributed by atoms with Crippen LogP contribution in [0.3, 0.4) is 0 Å². The molecule has 1 heterocycles. The first-order chi connectivity index (χ1) is 7.31. The molecule has 0 bridgehead atoms. The van der Waals surface area contributed by atoms with Gasteiger partial charge in [-0.25, -0.2) is 4.39 Å². The van der Waals surface area contributed by atoms with Crippen molar-refractivity contribution in [2.75, 3.05) is 31.1 Å². The molecule has 1 aromatic rings. The van der Waals surface area contributed by atoms with Crippen molar-refractivity contribution in [3.8, 4) is 6.07 Å². The summed E-state index contributed by atoms with van der Waals surface area (Å²) in [5.74, 6) is -0.437. The van der Waals surface area contributed by atoms with Gasteiger partial charge in [0.05, 0.1) is 5.56 Å². The molecule has 2 rings (SSSR count). The number of hydrogen-bond acceptors (Lipinski definition) is 3. The summed E-state index contributed by atoms with van der Waals surface area (Å²) in [6.07, 6.45) is 0. The normalized spacial score (nSPS) is 14.2. The van der Waals surface area contributed by atoms with Crippen LogP contribution in [0.2, 0.25) is 0 Å². The maximum Gasteiger partial charge on any atom is 0.143 e. The van der Waals surface area contributed by atoms with Crippen molar-refractivity contribution in [1.29, 1.82) is 5.26 Å². The number of nitriles is 1. The lowest BCUT2D eigenvalue weighted by atomic mass is 10.2. The maximum atomic E-state index is 13.3. The van der Waals surface area contributed by atoms with Crippen molar-refractivity contribution in [2.24, 2.45) is 0 Å². The predicted octanol–water partition coefficient (Wildman–Crippen LogP) is 1.95. The van der Waals surface area contributed by atoms with E-state index < -0.39 is 5.82 Å². The van der Waals surface area contributed by atoms with Gasteiger partial charge >= 0.3 is 0 Å². The molecule has 0 aliphatic carbocycles. The molecule has 0 spiro atoms. The monoisotopic (exact) mass is 277 g/mol. The number of rotatable bonds is 1. The smallest absolute Gasteiger partial charge is 0.143 e. The molecule has 0 atom stereocenters. The van der Waals surface area contributed by atoms with Gasteiger partial charge in [0.2, 0.25) is 0 Å². The zero-order chi connectivity index (χ0) is 10.7. The fourth-order valence-corrected chi connectivity index (χ4v) is 1.71. The lowest BCUT2D eigenvalue weighted by Gasteiger charge is -2.29. The van der Waals surface area contributed by atoms with E-state index in [4.69, 9.17) is 5.26 Å². The molecule has 0 unspecified atom stereocenters. The third-order valence-corrected chi connectivity index (χ3v) is 2.56. The third kappa shape index (κ3) is 3.74. The Hall–Kier alpha value is -1.02. The highest BCUT2D eigenvalue weighted by atomic mass is 35.5. The van der Waals surface area contributed by atoms with E-state index in [2.05, 4.69) is 10.2 Å². The quantitative estimate of drug-likeness (QED) is 0.853. The summed E-state index contributed by atoms with van der Waals surface area (Å²) in [7, 11) is 0. The molecule has 17 heavy (non-hydrogen) atoms. The van der Waals surface area contributed by atoms with Crippen LogP contribution < -0.4 is 10.2 Å². The lowest BCUT2D eigenvalue weighted by Crippen LogP contribution is -2.43. The Morgan fingerprint density at radius 1 is 1.24 bits per heavy atom. The number of nitrogens with zero attached hydrogens (tertiary/aromatic N) is 2. The van der Waals surface area contributed by atoms with Crippen LogP contribution in [0.5, 0.6) is 0 Å². The Morgan fingerprint density at radius 2 is 1.88 bits per heavy atom. The van der Waals surface area contributed by atoms with Crippen molar-refractivity contribution in [3.63, 3.8) is 0 Å². The van der Waals surface area contributed by atoms with Gasteiger partial charge in [-0.1, -0.05) is 0 Å². The SMILES string of the molecule is Cl.Cl.N#Cc1ccc(N2CCNCC2)cc1F. The number of piperazine rings is 1. The number of benzene rings is 1. The minimum Gasteiger partial charge on any atom is -0.369 e. The molecule has 6 heteroatoms. The summed E-state index contributed by atoms with van der Waals surface area (Å²) in [4.78, 5) is 2.11. The largest absolute Gasteiger partial charge is 0.369 e. The minimum absolute atomic E-state index is 0. The first-order valence-electron chi connectivity index (χ1n) is 4.96. The van der Waals surface area contributed by atoms with Gasteiger partial charge in [0.25, 0.3) is 0 Å². The van der Waals surface area contributed by atoms with E-state index in [-0.39, 0.29) is 30.4 Å². The molecule has 1 aromatic carbocycles. The second kappa shape index (κ2) is 7.33. The average molecular weight is 278 g/mol. The fourth-order valence-electron chi connectivity index (χ4n) is 1.71. The van der Waals surface area contributed by atoms with Gasteiger partial charge in [0, 0.05) is 31.9 Å². The van der Waals surface area contributed by atoms with E-state index in [0.717, 1.165) is 31.9 Å². The van der Waals surface area contributed by atoms with E-state index in [0.29, 0.717) is 0 Å². The molecule has 1 N–H and O–H groups in total. The summed E-state index contributed by atoms with van der Waals surface area (Å²) < 4.78 is 13.3. The molecule has 3 nitrogen and oxygen atoms in total. The zero-order valence-corrected chi connectivity index (χ0v) is 10.8. The topological polar surface area (TPSA) is 39.1 Å².